The van der Waals surface area contributed by atoms with Gasteiger partial charge in [-0.1, -0.05) is 0 Å². The van der Waals surface area contributed by atoms with E-state index in [2.05, 4.69) is 20.9 Å². The van der Waals surface area contributed by atoms with Crippen LogP contribution < -0.4 is 20.9 Å². The molecule has 3 N–H and O–H groups in total. The van der Waals surface area contributed by atoms with E-state index in [0.717, 1.165) is 65.7 Å². The van der Waals surface area contributed by atoms with Crippen molar-refractivity contribution in [2.24, 2.45) is 11.1 Å². The average molecular weight is 720 g/mol. The minimum Gasteiger partial charge on any atom is -0.381 e. The van der Waals surface area contributed by atoms with Crippen molar-refractivity contribution in [3.05, 3.63) is 107 Å². The predicted molar refractivity (Wildman–Crippen MR) is 199 cm³/mol. The maximum absolute atomic E-state index is 14.6. The molecule has 4 aromatic heterocycles. The number of nitrogens with zero attached hydrogens (tertiary/aromatic N) is 5. The molecule has 3 aliphatic heterocycles. The van der Waals surface area contributed by atoms with Crippen LogP contribution in [0.25, 0.3) is 21.1 Å². The number of ether oxygens (including phenoxy) is 1. The highest BCUT2D eigenvalue weighted by Gasteiger charge is 2.45. The van der Waals surface area contributed by atoms with E-state index in [1.54, 1.807) is 47.6 Å². The molecule has 5 aromatic rings. The van der Waals surface area contributed by atoms with Crippen LogP contribution in [0.5, 0.6) is 0 Å². The number of carbonyl (C=O) groups is 3. The van der Waals surface area contributed by atoms with Gasteiger partial charge in [0, 0.05) is 67.6 Å². The van der Waals surface area contributed by atoms with Crippen molar-refractivity contribution in [1.29, 1.82) is 0 Å². The Hall–Kier alpha value is -5.53. The van der Waals surface area contributed by atoms with Gasteiger partial charge in [0.05, 0.1) is 21.0 Å². The van der Waals surface area contributed by atoms with Crippen LogP contribution in [0.4, 0.5) is 21.6 Å². The highest BCUT2D eigenvalue weighted by atomic mass is 32.1. The van der Waals surface area contributed by atoms with E-state index in [-0.39, 0.29) is 29.5 Å². The fraction of sp³-hybridized carbons (Fsp3) is 0.282. The van der Waals surface area contributed by atoms with E-state index in [1.807, 2.05) is 38.1 Å². The van der Waals surface area contributed by atoms with Crippen molar-refractivity contribution < 1.29 is 23.5 Å². The van der Waals surface area contributed by atoms with Gasteiger partial charge >= 0.3 is 0 Å². The number of hydrogen-bond donors (Lipinski definition) is 2. The highest BCUT2D eigenvalue weighted by Crippen LogP contribution is 2.44. The largest absolute Gasteiger partial charge is 0.381 e. The molecule has 0 unspecified atom stereocenters. The van der Waals surface area contributed by atoms with Gasteiger partial charge in [0.25, 0.3) is 11.8 Å². The Morgan fingerprint density at radius 3 is 2.50 bits per heavy atom. The molecule has 0 atom stereocenters. The number of anilines is 3. The zero-order valence-electron chi connectivity index (χ0n) is 28.9. The Morgan fingerprint density at radius 1 is 1.02 bits per heavy atom. The van der Waals surface area contributed by atoms with E-state index in [9.17, 15) is 14.0 Å². The number of carbonyl (C=O) groups excluding carboxylic acids is 3. The number of amides is 3. The number of aryl methyl sites for hydroxylation is 2. The number of fused-ring (bicyclic) bond motifs is 3. The van der Waals surface area contributed by atoms with Gasteiger partial charge in [-0.05, 0) is 105 Å². The first kappa shape index (κ1) is 34.9. The van der Waals surface area contributed by atoms with Crippen LogP contribution in [0.3, 0.4) is 0 Å². The zero-order chi connectivity index (χ0) is 36.4. The van der Waals surface area contributed by atoms with Gasteiger partial charge < -0.3 is 25.6 Å². The van der Waals surface area contributed by atoms with Crippen molar-refractivity contribution in [1.82, 2.24) is 15.0 Å². The smallest absolute Gasteiger partial charge is 0.259 e. The molecule has 2 saturated heterocycles. The average Bonchev–Trinajstić information content (AvgIpc) is 3.49. The molecular formula is C39H38FN7O4S. The first-order chi connectivity index (χ1) is 25.2. The van der Waals surface area contributed by atoms with Gasteiger partial charge in [-0.3, -0.25) is 24.4 Å². The third kappa shape index (κ3) is 6.89. The second-order valence-corrected chi connectivity index (χ2v) is 14.4. The lowest BCUT2D eigenvalue weighted by Crippen LogP contribution is -2.59. The summed E-state index contributed by atoms with van der Waals surface area (Å²) in [5, 5.41) is 3.01. The number of benzene rings is 1. The summed E-state index contributed by atoms with van der Waals surface area (Å²) in [6.45, 7) is 7.62. The fourth-order valence-electron chi connectivity index (χ4n) is 7.04. The van der Waals surface area contributed by atoms with E-state index < -0.39 is 0 Å². The summed E-state index contributed by atoms with van der Waals surface area (Å²) in [4.78, 5) is 55.5. The van der Waals surface area contributed by atoms with E-state index in [1.165, 1.54) is 17.4 Å². The van der Waals surface area contributed by atoms with E-state index in [0.29, 0.717) is 52.7 Å². The predicted octanol–water partition coefficient (Wildman–Crippen LogP) is 6.20. The van der Waals surface area contributed by atoms with Crippen LogP contribution in [0, 0.1) is 25.1 Å². The number of thiophene rings is 1. The molecule has 11 nitrogen and oxygen atoms in total. The van der Waals surface area contributed by atoms with Crippen molar-refractivity contribution in [2.45, 2.75) is 33.1 Å². The molecule has 0 aliphatic carbocycles. The number of aromatic nitrogens is 3. The first-order valence-electron chi connectivity index (χ1n) is 17.1. The molecule has 266 valence electrons. The van der Waals surface area contributed by atoms with Crippen LogP contribution in [0.1, 0.15) is 50.4 Å². The molecule has 0 bridgehead atoms. The Labute approximate surface area is 304 Å². The second kappa shape index (κ2) is 14.6. The van der Waals surface area contributed by atoms with E-state index in [4.69, 9.17) is 19.5 Å². The molecule has 0 saturated carbocycles. The van der Waals surface area contributed by atoms with Gasteiger partial charge in [0.15, 0.2) is 0 Å². The number of primary amides is 1. The normalized spacial score (nSPS) is 15.7. The van der Waals surface area contributed by atoms with Crippen LogP contribution >= 0.6 is 11.3 Å². The SMILES string of the molecule is Cc1cnc2c(c1)N(C(=O)c1ccc(NC(=O)c3ccc(C)nc3N3CC4(CCOCC4)C3)cc1)CCc1cc(-c3ncccc3F)sc1-2.NC=O. The van der Waals surface area contributed by atoms with Crippen molar-refractivity contribution in [3.8, 4) is 21.1 Å². The third-order valence-corrected chi connectivity index (χ3v) is 10.9. The van der Waals surface area contributed by atoms with Crippen molar-refractivity contribution >= 4 is 46.8 Å². The number of nitrogens with one attached hydrogen (secondary N) is 1. The summed E-state index contributed by atoms with van der Waals surface area (Å²) in [6, 6.07) is 17.6. The van der Waals surface area contributed by atoms with E-state index >= 15 is 0 Å². The van der Waals surface area contributed by atoms with Gasteiger partial charge in [-0.15, -0.1) is 11.3 Å². The highest BCUT2D eigenvalue weighted by molar-refractivity contribution is 7.19. The molecule has 8 rings (SSSR count). The van der Waals surface area contributed by atoms with Crippen molar-refractivity contribution in [3.63, 3.8) is 0 Å². The summed E-state index contributed by atoms with van der Waals surface area (Å²) in [7, 11) is 0. The number of rotatable bonds is 5. The summed E-state index contributed by atoms with van der Waals surface area (Å²) in [5.74, 6) is -0.0740. The van der Waals surface area contributed by atoms with Gasteiger partial charge in [0.2, 0.25) is 6.41 Å². The van der Waals surface area contributed by atoms with Crippen LogP contribution in [-0.2, 0) is 16.0 Å². The Balaban J connectivity index is 0.00000136. The van der Waals surface area contributed by atoms with Crippen molar-refractivity contribution in [2.75, 3.05) is 48.0 Å². The molecule has 0 radical (unpaired) electrons. The fourth-order valence-corrected chi connectivity index (χ4v) is 8.26. The number of hydrogen-bond acceptors (Lipinski definition) is 9. The monoisotopic (exact) mass is 719 g/mol. The molecule has 2 fully saturated rings. The van der Waals surface area contributed by atoms with Gasteiger partial charge in [-0.2, -0.15) is 0 Å². The number of nitrogens with two attached hydrogens (primary N) is 1. The molecular weight excluding hydrogens is 682 g/mol. The Kier molecular flexibility index (Phi) is 9.80. The second-order valence-electron chi connectivity index (χ2n) is 13.3. The molecule has 7 heterocycles. The minimum atomic E-state index is -0.372. The van der Waals surface area contributed by atoms with Crippen LogP contribution in [0.15, 0.2) is 73.1 Å². The molecule has 3 aliphatic rings. The van der Waals surface area contributed by atoms with Gasteiger partial charge in [-0.25, -0.2) is 9.37 Å². The summed E-state index contributed by atoms with van der Waals surface area (Å²) < 4.78 is 20.2. The lowest BCUT2D eigenvalue weighted by atomic mass is 9.73. The lowest BCUT2D eigenvalue weighted by Gasteiger charge is -2.53. The molecule has 1 spiro atoms. The Bertz CT molecular complexity index is 2140. The van der Waals surface area contributed by atoms with Crippen LogP contribution in [0.2, 0.25) is 0 Å². The maximum atomic E-state index is 14.6. The molecule has 52 heavy (non-hydrogen) atoms. The standard InChI is InChI=1S/C38H35FN6O3S.CH3NO/c1-23-18-30-33(41-20-23)34-26(19-31(49-34)32-29(39)4-3-14-40-32)11-15-45(30)37(47)25-6-8-27(9-7-25)43-36(46)28-10-5-24(2)42-35(28)44-21-38(22-44)12-16-48-17-13-38;2-1-3/h3-10,14,18-20H,11-13,15-17,21-22H2,1-2H3,(H,43,46);1H,(H2,2,3). The number of halogens is 1. The Morgan fingerprint density at radius 2 is 1.77 bits per heavy atom. The quantitative estimate of drug-likeness (QED) is 0.205. The molecule has 3 amide bonds. The summed E-state index contributed by atoms with van der Waals surface area (Å²) in [5.41, 5.74) is 10.5. The topological polar surface area (TPSA) is 144 Å². The summed E-state index contributed by atoms with van der Waals surface area (Å²) in [6.07, 6.45) is 6.26. The number of pyridine rings is 3. The maximum Gasteiger partial charge on any atom is 0.259 e. The summed E-state index contributed by atoms with van der Waals surface area (Å²) >= 11 is 1.44. The lowest BCUT2D eigenvalue weighted by molar-refractivity contribution is -0.106. The third-order valence-electron chi connectivity index (χ3n) is 9.72. The van der Waals surface area contributed by atoms with Crippen LogP contribution in [-0.4, -0.2) is 66.0 Å². The zero-order valence-corrected chi connectivity index (χ0v) is 29.7. The molecule has 1 aromatic carbocycles. The minimum absolute atomic E-state index is 0.164. The van der Waals surface area contributed by atoms with Gasteiger partial charge in [0.1, 0.15) is 23.0 Å². The molecule has 13 heteroatoms. The first-order valence-corrected chi connectivity index (χ1v) is 17.9.